The van der Waals surface area contributed by atoms with E-state index in [1.807, 2.05) is 24.4 Å². The van der Waals surface area contributed by atoms with Gasteiger partial charge in [0.2, 0.25) is 0 Å². The first-order valence-electron chi connectivity index (χ1n) is 10.4. The van der Waals surface area contributed by atoms with Crippen LogP contribution in [0, 0.1) is 12.3 Å². The molecule has 1 aliphatic heterocycles. The molecule has 0 atom stereocenters. The van der Waals surface area contributed by atoms with E-state index in [1.165, 1.54) is 0 Å². The lowest BCUT2D eigenvalue weighted by Gasteiger charge is -2.49. The molecule has 1 aliphatic rings. The van der Waals surface area contributed by atoms with Crippen molar-refractivity contribution in [3.05, 3.63) is 59.9 Å². The van der Waals surface area contributed by atoms with Gasteiger partial charge in [0.15, 0.2) is 0 Å². The number of benzene rings is 1. The second-order valence-electron chi connectivity index (χ2n) is 9.28. The molecule has 0 aliphatic carbocycles. The molecule has 1 aromatic carbocycles. The number of piperidine rings is 1. The van der Waals surface area contributed by atoms with Gasteiger partial charge in [-0.05, 0) is 58.7 Å². The van der Waals surface area contributed by atoms with Crippen LogP contribution in [0.4, 0.5) is 0 Å². The van der Waals surface area contributed by atoms with Gasteiger partial charge in [0.25, 0.3) is 0 Å². The fourth-order valence-corrected chi connectivity index (χ4v) is 4.65. The number of hydrogen-bond acceptors (Lipinski definition) is 4. The fourth-order valence-electron chi connectivity index (χ4n) is 4.65. The highest BCUT2D eigenvalue weighted by Crippen LogP contribution is 2.33. The topological polar surface area (TPSA) is 37.4 Å². The van der Waals surface area contributed by atoms with Crippen molar-refractivity contribution in [2.24, 2.45) is 0 Å². The summed E-state index contributed by atoms with van der Waals surface area (Å²) < 4.78 is 5.82. The molecule has 2 aromatic rings. The number of aromatic nitrogens is 1. The third-order valence-corrected chi connectivity index (χ3v) is 5.43. The number of hydrogen-bond donors (Lipinski definition) is 1. The molecule has 0 saturated carbocycles. The van der Waals surface area contributed by atoms with Crippen molar-refractivity contribution in [1.29, 1.82) is 0 Å². The molecule has 154 valence electrons. The van der Waals surface area contributed by atoms with Crippen molar-refractivity contribution < 1.29 is 4.74 Å². The highest BCUT2D eigenvalue weighted by molar-refractivity contribution is 5.33. The number of para-hydroxylation sites is 1. The van der Waals surface area contributed by atoms with Gasteiger partial charge >= 0.3 is 0 Å². The van der Waals surface area contributed by atoms with E-state index in [1.54, 1.807) is 0 Å². The Bertz CT molecular complexity index is 823. The molecule has 29 heavy (non-hydrogen) atoms. The van der Waals surface area contributed by atoms with E-state index in [2.05, 4.69) is 73.1 Å². The van der Waals surface area contributed by atoms with Crippen LogP contribution in [-0.2, 0) is 13.1 Å². The summed E-state index contributed by atoms with van der Waals surface area (Å²) in [6.45, 7) is 11.1. The number of nitrogens with zero attached hydrogens (tertiary/aromatic N) is 2. The summed E-state index contributed by atoms with van der Waals surface area (Å²) in [7, 11) is 0. The van der Waals surface area contributed by atoms with Gasteiger partial charge in [-0.1, -0.05) is 30.2 Å². The second-order valence-corrected chi connectivity index (χ2v) is 9.28. The molecule has 1 N–H and O–H groups in total. The van der Waals surface area contributed by atoms with E-state index in [0.29, 0.717) is 6.04 Å². The van der Waals surface area contributed by atoms with Gasteiger partial charge in [0.05, 0.1) is 5.69 Å². The molecular weight excluding hydrogens is 358 g/mol. The van der Waals surface area contributed by atoms with Crippen molar-refractivity contribution in [2.45, 2.75) is 70.7 Å². The van der Waals surface area contributed by atoms with Crippen LogP contribution in [0.3, 0.4) is 0 Å². The molecule has 0 spiro atoms. The Balaban J connectivity index is 1.89. The van der Waals surface area contributed by atoms with Crippen LogP contribution in [0.15, 0.2) is 48.7 Å². The molecule has 0 bridgehead atoms. The number of ether oxygens (including phenoxy) is 1. The van der Waals surface area contributed by atoms with Gasteiger partial charge in [-0.3, -0.25) is 9.88 Å². The van der Waals surface area contributed by atoms with Crippen LogP contribution < -0.4 is 10.1 Å². The third kappa shape index (κ3) is 6.06. The minimum atomic E-state index is 0.0776. The Hall–Kier alpha value is -2.35. The van der Waals surface area contributed by atoms with Gasteiger partial charge in [-0.25, -0.2) is 0 Å². The molecule has 3 rings (SSSR count). The lowest BCUT2D eigenvalue weighted by atomic mass is 9.79. The smallest absolute Gasteiger partial charge is 0.148 e. The van der Waals surface area contributed by atoms with Gasteiger partial charge in [-0.15, -0.1) is 6.42 Å². The van der Waals surface area contributed by atoms with Crippen molar-refractivity contribution in [1.82, 2.24) is 15.2 Å². The summed E-state index contributed by atoms with van der Waals surface area (Å²) in [6, 6.07) is 14.8. The maximum atomic E-state index is 5.82. The van der Waals surface area contributed by atoms with Crippen molar-refractivity contribution in [3.8, 4) is 18.1 Å². The van der Waals surface area contributed by atoms with Crippen LogP contribution in [0.5, 0.6) is 5.75 Å². The Morgan fingerprint density at radius 1 is 1.07 bits per heavy atom. The molecule has 1 aromatic heterocycles. The normalized spacial score (nSPS) is 18.3. The Kier molecular flexibility index (Phi) is 6.62. The lowest BCUT2D eigenvalue weighted by molar-refractivity contribution is 0.0551. The van der Waals surface area contributed by atoms with Crippen molar-refractivity contribution in [3.63, 3.8) is 0 Å². The summed E-state index contributed by atoms with van der Waals surface area (Å²) in [4.78, 5) is 7.13. The molecule has 0 unspecified atom stereocenters. The summed E-state index contributed by atoms with van der Waals surface area (Å²) >= 11 is 0. The van der Waals surface area contributed by atoms with Crippen LogP contribution in [0.25, 0.3) is 0 Å². The quantitative estimate of drug-likeness (QED) is 0.710. The van der Waals surface area contributed by atoms with Gasteiger partial charge in [0.1, 0.15) is 12.4 Å². The standard InChI is InChI=1S/C25H33N3O/c1-6-15-29-23-13-8-7-11-20(23)18-28(19-21-12-9-10-14-26-21)22-16-24(2,3)27-25(4,5)17-22/h1,7-14,22,27H,15-19H2,2-5H3. The highest BCUT2D eigenvalue weighted by atomic mass is 16.5. The molecule has 1 fully saturated rings. The summed E-state index contributed by atoms with van der Waals surface area (Å²) in [5.41, 5.74) is 2.40. The first kappa shape index (κ1) is 21.4. The predicted octanol–water partition coefficient (Wildman–Crippen LogP) is 4.41. The second kappa shape index (κ2) is 8.98. The maximum Gasteiger partial charge on any atom is 0.148 e. The SMILES string of the molecule is C#CCOc1ccccc1CN(Cc1ccccn1)C1CC(C)(C)NC(C)(C)C1. The molecule has 0 amide bonds. The van der Waals surface area contributed by atoms with E-state index < -0.39 is 0 Å². The minimum Gasteiger partial charge on any atom is -0.481 e. The molecule has 2 heterocycles. The van der Waals surface area contributed by atoms with E-state index in [4.69, 9.17) is 11.2 Å². The Labute approximate surface area is 175 Å². The van der Waals surface area contributed by atoms with E-state index in [0.717, 1.165) is 42.9 Å². The maximum absolute atomic E-state index is 5.82. The van der Waals surface area contributed by atoms with E-state index in [-0.39, 0.29) is 17.7 Å². The average molecular weight is 392 g/mol. The Morgan fingerprint density at radius 2 is 1.76 bits per heavy atom. The largest absolute Gasteiger partial charge is 0.481 e. The molecular formula is C25H33N3O. The van der Waals surface area contributed by atoms with Crippen LogP contribution >= 0.6 is 0 Å². The molecule has 4 nitrogen and oxygen atoms in total. The number of nitrogens with one attached hydrogen (secondary N) is 1. The number of pyridine rings is 1. The van der Waals surface area contributed by atoms with Crippen LogP contribution in [0.2, 0.25) is 0 Å². The Morgan fingerprint density at radius 3 is 2.41 bits per heavy atom. The molecule has 4 heteroatoms. The number of rotatable bonds is 7. The number of terminal acetylenes is 1. The first-order valence-corrected chi connectivity index (χ1v) is 10.4. The van der Waals surface area contributed by atoms with Gasteiger partial charge < -0.3 is 10.1 Å². The van der Waals surface area contributed by atoms with Crippen LogP contribution in [-0.4, -0.2) is 33.6 Å². The molecule has 0 radical (unpaired) electrons. The van der Waals surface area contributed by atoms with Crippen molar-refractivity contribution in [2.75, 3.05) is 6.61 Å². The van der Waals surface area contributed by atoms with Gasteiger partial charge in [0, 0.05) is 42.0 Å². The zero-order valence-electron chi connectivity index (χ0n) is 18.1. The molecule has 1 saturated heterocycles. The zero-order chi connectivity index (χ0) is 20.9. The zero-order valence-corrected chi connectivity index (χ0v) is 18.1. The van der Waals surface area contributed by atoms with E-state index >= 15 is 0 Å². The highest BCUT2D eigenvalue weighted by Gasteiger charge is 2.40. The predicted molar refractivity (Wildman–Crippen MR) is 119 cm³/mol. The average Bonchev–Trinajstić information content (AvgIpc) is 2.65. The first-order chi connectivity index (χ1) is 13.8. The fraction of sp³-hybridized carbons (Fsp3) is 0.480. The summed E-state index contributed by atoms with van der Waals surface area (Å²) in [6.07, 6.45) is 9.43. The summed E-state index contributed by atoms with van der Waals surface area (Å²) in [5.74, 6) is 3.43. The minimum absolute atomic E-state index is 0.0776. The van der Waals surface area contributed by atoms with E-state index in [9.17, 15) is 0 Å². The summed E-state index contributed by atoms with van der Waals surface area (Å²) in [5, 5.41) is 3.79. The van der Waals surface area contributed by atoms with Gasteiger partial charge in [-0.2, -0.15) is 0 Å². The monoisotopic (exact) mass is 391 g/mol. The lowest BCUT2D eigenvalue weighted by Crippen LogP contribution is -2.62. The van der Waals surface area contributed by atoms with Crippen molar-refractivity contribution >= 4 is 0 Å². The van der Waals surface area contributed by atoms with Crippen LogP contribution in [0.1, 0.15) is 51.8 Å². The third-order valence-electron chi connectivity index (χ3n) is 5.43.